The number of rotatable bonds is 8. The molecule has 1 saturated carbocycles. The highest BCUT2D eigenvalue weighted by molar-refractivity contribution is 5.92. The minimum Gasteiger partial charge on any atom is -0.426 e. The van der Waals surface area contributed by atoms with E-state index in [9.17, 15) is 31.5 Å². The Labute approximate surface area is 173 Å². The van der Waals surface area contributed by atoms with Crippen LogP contribution >= 0.6 is 0 Å². The predicted molar refractivity (Wildman–Crippen MR) is 97.4 cm³/mol. The average molecular weight is 443 g/mol. The Balaban J connectivity index is 1.61. The third kappa shape index (κ3) is 5.74. The largest absolute Gasteiger partial charge is 0.499 e. The highest BCUT2D eigenvalue weighted by atomic mass is 19.4. The summed E-state index contributed by atoms with van der Waals surface area (Å²) >= 11 is 0. The lowest BCUT2D eigenvalue weighted by molar-refractivity contribution is -0.360. The van der Waals surface area contributed by atoms with Gasteiger partial charge in [0.2, 0.25) is 0 Å². The van der Waals surface area contributed by atoms with Crippen LogP contribution in [0.15, 0.2) is 36.5 Å². The van der Waals surface area contributed by atoms with Crippen molar-refractivity contribution >= 4 is 11.7 Å². The number of amides is 1. The Bertz CT molecular complexity index is 959. The molecule has 1 amide bonds. The van der Waals surface area contributed by atoms with Crippen molar-refractivity contribution in [3.63, 3.8) is 0 Å². The van der Waals surface area contributed by atoms with E-state index in [2.05, 4.69) is 20.0 Å². The van der Waals surface area contributed by atoms with Gasteiger partial charge in [0, 0.05) is 12.1 Å². The molecule has 1 N–H and O–H groups in total. The predicted octanol–water partition coefficient (Wildman–Crippen LogP) is 4.02. The molecule has 1 fully saturated rings. The zero-order valence-corrected chi connectivity index (χ0v) is 16.2. The topological polar surface area (TPSA) is 81.2 Å². The molecule has 1 aromatic carbocycles. The van der Waals surface area contributed by atoms with Crippen LogP contribution in [0.4, 0.5) is 22.0 Å². The normalized spacial score (nSPS) is 15.3. The molecule has 166 valence electrons. The number of ketones is 1. The summed E-state index contributed by atoms with van der Waals surface area (Å²) in [6, 6.07) is 5.17. The van der Waals surface area contributed by atoms with Crippen LogP contribution in [0.3, 0.4) is 0 Å². The maximum absolute atomic E-state index is 13.0. The number of benzene rings is 1. The number of ether oxygens (including phenoxy) is 1. The Morgan fingerprint density at radius 2 is 1.77 bits per heavy atom. The fraction of sp³-hybridized carbons (Fsp3) is 0.400. The Kier molecular flexibility index (Phi) is 6.23. The smallest absolute Gasteiger partial charge is 0.426 e. The summed E-state index contributed by atoms with van der Waals surface area (Å²) in [4.78, 5) is 32.4. The van der Waals surface area contributed by atoms with Crippen molar-refractivity contribution in [2.24, 2.45) is 5.92 Å². The van der Waals surface area contributed by atoms with Crippen molar-refractivity contribution in [3.8, 4) is 5.75 Å². The lowest BCUT2D eigenvalue weighted by Gasteiger charge is -2.20. The van der Waals surface area contributed by atoms with Gasteiger partial charge in [-0.25, -0.2) is 9.97 Å². The van der Waals surface area contributed by atoms with E-state index in [1.807, 2.05) is 0 Å². The van der Waals surface area contributed by atoms with Crippen molar-refractivity contribution in [1.29, 1.82) is 0 Å². The van der Waals surface area contributed by atoms with Gasteiger partial charge in [-0.3, -0.25) is 9.59 Å². The number of alkyl halides is 5. The maximum atomic E-state index is 13.0. The summed E-state index contributed by atoms with van der Waals surface area (Å²) in [5, 5.41) is 2.64. The summed E-state index contributed by atoms with van der Waals surface area (Å²) in [7, 11) is 0. The van der Waals surface area contributed by atoms with Crippen LogP contribution in [0, 0.1) is 5.92 Å². The maximum Gasteiger partial charge on any atom is 0.499 e. The lowest BCUT2D eigenvalue weighted by Crippen LogP contribution is -2.41. The van der Waals surface area contributed by atoms with Crippen LogP contribution in [-0.4, -0.2) is 33.9 Å². The van der Waals surface area contributed by atoms with Gasteiger partial charge in [-0.15, -0.1) is 0 Å². The van der Waals surface area contributed by atoms with Crippen molar-refractivity contribution in [2.45, 2.75) is 44.5 Å². The van der Waals surface area contributed by atoms with Gasteiger partial charge in [0.05, 0.1) is 12.5 Å². The molecule has 1 heterocycles. The van der Waals surface area contributed by atoms with E-state index in [0.717, 1.165) is 25.0 Å². The molecule has 0 bridgehead atoms. The molecule has 1 atom stereocenters. The minimum absolute atomic E-state index is 0.0318. The highest BCUT2D eigenvalue weighted by Gasteiger charge is 2.61. The third-order valence-electron chi connectivity index (χ3n) is 4.61. The number of nitrogens with one attached hydrogen (secondary N) is 1. The van der Waals surface area contributed by atoms with E-state index >= 15 is 0 Å². The Morgan fingerprint density at radius 1 is 1.13 bits per heavy atom. The van der Waals surface area contributed by atoms with Crippen LogP contribution in [0.5, 0.6) is 5.75 Å². The summed E-state index contributed by atoms with van der Waals surface area (Å²) in [6.45, 7) is 1.59. The van der Waals surface area contributed by atoms with Gasteiger partial charge in [-0.1, -0.05) is 12.1 Å². The number of carbonyl (C=O) groups excluding carboxylic acids is 2. The Morgan fingerprint density at radius 3 is 2.35 bits per heavy atom. The van der Waals surface area contributed by atoms with Gasteiger partial charge in [-0.2, -0.15) is 22.0 Å². The zero-order valence-electron chi connectivity index (χ0n) is 16.2. The van der Waals surface area contributed by atoms with Gasteiger partial charge >= 0.3 is 12.3 Å². The summed E-state index contributed by atoms with van der Waals surface area (Å²) < 4.78 is 66.3. The van der Waals surface area contributed by atoms with Gasteiger partial charge in [-0.05, 0) is 43.5 Å². The van der Waals surface area contributed by atoms with E-state index < -0.39 is 30.0 Å². The van der Waals surface area contributed by atoms with Crippen LogP contribution in [-0.2, 0) is 11.2 Å². The van der Waals surface area contributed by atoms with E-state index in [0.29, 0.717) is 5.56 Å². The lowest BCUT2D eigenvalue weighted by atomic mass is 10.1. The van der Waals surface area contributed by atoms with Crippen LogP contribution in [0.1, 0.15) is 47.7 Å². The van der Waals surface area contributed by atoms with E-state index in [4.69, 9.17) is 0 Å². The number of carbonyl (C=O) groups is 2. The van der Waals surface area contributed by atoms with Gasteiger partial charge in [0.15, 0.2) is 0 Å². The first-order valence-electron chi connectivity index (χ1n) is 9.35. The molecule has 6 nitrogen and oxygen atoms in total. The van der Waals surface area contributed by atoms with Crippen molar-refractivity contribution in [2.75, 3.05) is 0 Å². The number of nitrogens with zero attached hydrogens (tertiary/aromatic N) is 2. The molecular weight excluding hydrogens is 425 g/mol. The van der Waals surface area contributed by atoms with Crippen molar-refractivity contribution < 1.29 is 36.3 Å². The Hall–Kier alpha value is -3.11. The van der Waals surface area contributed by atoms with E-state index in [1.165, 1.54) is 24.4 Å². The average Bonchev–Trinajstić information content (AvgIpc) is 3.53. The quantitative estimate of drug-likeness (QED) is 0.624. The second kappa shape index (κ2) is 8.56. The van der Waals surface area contributed by atoms with Crippen LogP contribution in [0.25, 0.3) is 0 Å². The summed E-state index contributed by atoms with van der Waals surface area (Å²) in [5.41, 5.74) is 0.486. The van der Waals surface area contributed by atoms with E-state index in [-0.39, 0.29) is 29.6 Å². The molecule has 1 aliphatic rings. The second-order valence-electron chi connectivity index (χ2n) is 7.16. The van der Waals surface area contributed by atoms with Gasteiger partial charge in [0.1, 0.15) is 23.1 Å². The number of hydrogen-bond acceptors (Lipinski definition) is 5. The first kappa shape index (κ1) is 22.6. The SMILES string of the molecule is CC(NC(=O)c1ccnc(CC(=O)C2CC2)n1)c1ccc(OC(F)(F)C(F)(F)F)cc1. The fourth-order valence-corrected chi connectivity index (χ4v) is 2.70. The molecule has 0 radical (unpaired) electrons. The number of halogens is 5. The standard InChI is InChI=1S/C20H18F5N3O3/c1-11(12-4-6-14(7-5-12)31-20(24,25)19(21,22)23)27-18(30)15-8-9-26-17(28-15)10-16(29)13-2-3-13/h4-9,11,13H,2-3,10H2,1H3,(H,27,30). The number of Topliss-reactive ketones (excluding diaryl/α,β-unsaturated/α-hetero) is 1. The first-order chi connectivity index (χ1) is 14.5. The third-order valence-corrected chi connectivity index (χ3v) is 4.61. The van der Waals surface area contributed by atoms with Crippen molar-refractivity contribution in [3.05, 3.63) is 53.6 Å². The molecular formula is C20H18F5N3O3. The van der Waals surface area contributed by atoms with Gasteiger partial charge < -0.3 is 10.1 Å². The van der Waals surface area contributed by atoms with Crippen LogP contribution < -0.4 is 10.1 Å². The molecule has 3 rings (SSSR count). The minimum atomic E-state index is -5.84. The molecule has 1 aromatic heterocycles. The molecule has 0 saturated heterocycles. The van der Waals surface area contributed by atoms with Crippen LogP contribution in [0.2, 0.25) is 0 Å². The zero-order chi connectivity index (χ0) is 22.8. The van der Waals surface area contributed by atoms with Gasteiger partial charge in [0.25, 0.3) is 5.91 Å². The molecule has 1 aliphatic carbocycles. The monoisotopic (exact) mass is 443 g/mol. The molecule has 2 aromatic rings. The number of aromatic nitrogens is 2. The van der Waals surface area contributed by atoms with Crippen molar-refractivity contribution in [1.82, 2.24) is 15.3 Å². The first-order valence-corrected chi connectivity index (χ1v) is 9.35. The molecule has 0 aliphatic heterocycles. The summed E-state index contributed by atoms with van der Waals surface area (Å²) in [6.07, 6.45) is -8.03. The second-order valence-corrected chi connectivity index (χ2v) is 7.16. The highest BCUT2D eigenvalue weighted by Crippen LogP contribution is 2.37. The fourth-order valence-electron chi connectivity index (χ4n) is 2.70. The molecule has 31 heavy (non-hydrogen) atoms. The summed E-state index contributed by atoms with van der Waals surface area (Å²) in [5.74, 6) is -0.915. The molecule has 11 heteroatoms. The molecule has 1 unspecified atom stereocenters. The molecule has 0 spiro atoms. The van der Waals surface area contributed by atoms with E-state index in [1.54, 1.807) is 6.92 Å². The number of hydrogen-bond donors (Lipinski definition) is 1.